The van der Waals surface area contributed by atoms with Crippen molar-refractivity contribution < 1.29 is 22.7 Å². The minimum Gasteiger partial charge on any atom is -1.00 e. The third kappa shape index (κ3) is 13.3. The lowest BCUT2D eigenvalue weighted by Crippen LogP contribution is -3.00. The summed E-state index contributed by atoms with van der Waals surface area (Å²) in [5.41, 5.74) is 3.58. The lowest BCUT2D eigenvalue weighted by Gasteiger charge is -1.99. The van der Waals surface area contributed by atoms with Crippen LogP contribution in [0.1, 0.15) is 32.6 Å². The lowest BCUT2D eigenvalue weighted by molar-refractivity contribution is -0.215. The molecule has 0 spiro atoms. The van der Waals surface area contributed by atoms with Crippen molar-refractivity contribution in [3.63, 3.8) is 0 Å². The Balaban J connectivity index is 0. The van der Waals surface area contributed by atoms with Gasteiger partial charge in [-0.25, -0.2) is 0 Å². The normalized spacial score (nSPS) is 8.55. The van der Waals surface area contributed by atoms with E-state index in [9.17, 15) is 0 Å². The Bertz CT molecular complexity index is 98.4. The first kappa shape index (κ1) is 13.9. The van der Waals surface area contributed by atoms with Gasteiger partial charge in [-0.3, -0.25) is 0 Å². The largest absolute Gasteiger partial charge is 1.00 e. The number of quaternary nitrogens is 1. The number of rotatable bonds is 5. The monoisotopic (exact) mass is 240 g/mol. The molecule has 0 atom stereocenters. The maximum absolute atomic E-state index is 4.75. The van der Waals surface area contributed by atoms with Crippen molar-refractivity contribution in [3.05, 3.63) is 0 Å². The van der Waals surface area contributed by atoms with Gasteiger partial charge in [0.25, 0.3) is 5.11 Å². The zero-order chi connectivity index (χ0) is 7.82. The molecule has 0 aromatic heterocycles. The molecule has 0 rings (SSSR count). The summed E-state index contributed by atoms with van der Waals surface area (Å²) in [6, 6.07) is 0. The van der Waals surface area contributed by atoms with Gasteiger partial charge in [0, 0.05) is 18.8 Å². The van der Waals surface area contributed by atoms with Gasteiger partial charge in [0.1, 0.15) is 0 Å². The van der Waals surface area contributed by atoms with E-state index < -0.39 is 0 Å². The SMILES string of the molecule is CCCCCCNC([NH3+])=S.[Br-]. The summed E-state index contributed by atoms with van der Waals surface area (Å²) in [4.78, 5) is 0. The number of hydrogen-bond donors (Lipinski definition) is 2. The molecule has 2 nitrogen and oxygen atoms in total. The molecule has 4 heteroatoms. The van der Waals surface area contributed by atoms with Crippen LogP contribution in [-0.4, -0.2) is 11.7 Å². The summed E-state index contributed by atoms with van der Waals surface area (Å²) < 4.78 is 0. The number of nitrogens with one attached hydrogen (secondary N) is 1. The van der Waals surface area contributed by atoms with E-state index in [1.165, 1.54) is 25.7 Å². The molecule has 0 aliphatic carbocycles. The number of hydrogen-bond acceptors (Lipinski definition) is 1. The van der Waals surface area contributed by atoms with Crippen molar-refractivity contribution in [3.8, 4) is 0 Å². The molecular weight excluding hydrogens is 224 g/mol. The molecule has 4 N–H and O–H groups in total. The van der Waals surface area contributed by atoms with Crippen LogP contribution in [0.15, 0.2) is 0 Å². The Morgan fingerprint density at radius 3 is 2.45 bits per heavy atom. The molecule has 0 aromatic carbocycles. The van der Waals surface area contributed by atoms with Crippen LogP contribution < -0.4 is 28.0 Å². The Morgan fingerprint density at radius 1 is 1.36 bits per heavy atom. The molecule has 0 unspecified atom stereocenters. The van der Waals surface area contributed by atoms with Crippen molar-refractivity contribution >= 4 is 17.3 Å². The quantitative estimate of drug-likeness (QED) is 0.419. The molecule has 0 aliphatic heterocycles. The van der Waals surface area contributed by atoms with Crippen molar-refractivity contribution in [2.45, 2.75) is 32.6 Å². The van der Waals surface area contributed by atoms with Crippen LogP contribution in [0, 0.1) is 0 Å². The highest BCUT2D eigenvalue weighted by molar-refractivity contribution is 7.79. The number of unbranched alkanes of at least 4 members (excludes halogenated alkanes) is 3. The van der Waals surface area contributed by atoms with Gasteiger partial charge >= 0.3 is 0 Å². The maximum Gasteiger partial charge on any atom is 0.264 e. The van der Waals surface area contributed by atoms with E-state index in [0.29, 0.717) is 5.11 Å². The smallest absolute Gasteiger partial charge is 0.264 e. The van der Waals surface area contributed by atoms with Crippen LogP contribution in [0.4, 0.5) is 0 Å². The second kappa shape index (κ2) is 10.3. The van der Waals surface area contributed by atoms with E-state index in [4.69, 9.17) is 12.2 Å². The van der Waals surface area contributed by atoms with Crippen LogP contribution in [0.5, 0.6) is 0 Å². The zero-order valence-electron chi connectivity index (χ0n) is 7.03. The molecule has 0 aliphatic rings. The number of halogens is 1. The standard InChI is InChI=1S/C7H16N2S.BrH/c1-2-3-4-5-6-9-7(8)10;/h2-6H2,1H3,(H3,8,9,10);1H. The van der Waals surface area contributed by atoms with Crippen molar-refractivity contribution in [1.82, 2.24) is 5.32 Å². The topological polar surface area (TPSA) is 39.7 Å². The first-order chi connectivity index (χ1) is 4.77. The molecule has 0 heterocycles. The van der Waals surface area contributed by atoms with Gasteiger partial charge in [-0.1, -0.05) is 26.2 Å². The Morgan fingerprint density at radius 2 is 2.00 bits per heavy atom. The molecular formula is C7H17BrN2S. The van der Waals surface area contributed by atoms with Crippen LogP contribution >= 0.6 is 12.2 Å². The van der Waals surface area contributed by atoms with Gasteiger partial charge in [-0.05, 0) is 6.42 Å². The van der Waals surface area contributed by atoms with Gasteiger partial charge < -0.3 is 28.0 Å². The molecule has 0 aromatic rings. The molecule has 0 amide bonds. The van der Waals surface area contributed by atoms with E-state index in [1.807, 2.05) is 0 Å². The second-order valence-electron chi connectivity index (χ2n) is 2.41. The molecule has 0 fully saturated rings. The molecule has 0 bridgehead atoms. The highest BCUT2D eigenvalue weighted by Crippen LogP contribution is 1.96. The first-order valence-corrected chi connectivity index (χ1v) is 4.28. The fourth-order valence-electron chi connectivity index (χ4n) is 0.780. The lowest BCUT2D eigenvalue weighted by atomic mass is 10.2. The van der Waals surface area contributed by atoms with E-state index in [1.54, 1.807) is 0 Å². The minimum absolute atomic E-state index is 0. The maximum atomic E-state index is 4.75. The van der Waals surface area contributed by atoms with Crippen molar-refractivity contribution in [2.75, 3.05) is 6.54 Å². The molecule has 0 saturated heterocycles. The zero-order valence-corrected chi connectivity index (χ0v) is 9.43. The summed E-state index contributed by atoms with van der Waals surface area (Å²) in [6.07, 6.45) is 5.12. The second-order valence-corrected chi connectivity index (χ2v) is 2.90. The summed E-state index contributed by atoms with van der Waals surface area (Å²) in [5, 5.41) is 3.69. The highest BCUT2D eigenvalue weighted by atomic mass is 79.9. The molecule has 11 heavy (non-hydrogen) atoms. The van der Waals surface area contributed by atoms with Crippen LogP contribution in [-0.2, 0) is 0 Å². The van der Waals surface area contributed by atoms with Gasteiger partial charge in [-0.2, -0.15) is 0 Å². The van der Waals surface area contributed by atoms with Gasteiger partial charge in [0.15, 0.2) is 0 Å². The van der Waals surface area contributed by atoms with E-state index in [-0.39, 0.29) is 17.0 Å². The number of thiocarbonyl (C=S) groups is 1. The average molecular weight is 241 g/mol. The summed E-state index contributed by atoms with van der Waals surface area (Å²) in [5.74, 6) is 0. The van der Waals surface area contributed by atoms with Gasteiger partial charge in [0.05, 0.1) is 0 Å². The predicted octanol–water partition coefficient (Wildman–Crippen LogP) is -2.31. The van der Waals surface area contributed by atoms with E-state index in [2.05, 4.69) is 18.0 Å². The van der Waals surface area contributed by atoms with Crippen molar-refractivity contribution in [2.24, 2.45) is 0 Å². The third-order valence-electron chi connectivity index (χ3n) is 1.35. The van der Waals surface area contributed by atoms with E-state index >= 15 is 0 Å². The summed E-state index contributed by atoms with van der Waals surface area (Å²) in [6.45, 7) is 3.20. The Hall–Kier alpha value is 0.330. The Kier molecular flexibility index (Phi) is 13.0. The van der Waals surface area contributed by atoms with E-state index in [0.717, 1.165) is 6.54 Å². The van der Waals surface area contributed by atoms with Crippen LogP contribution in [0.3, 0.4) is 0 Å². The van der Waals surface area contributed by atoms with Gasteiger partial charge in [0.2, 0.25) is 0 Å². The van der Waals surface area contributed by atoms with Gasteiger partial charge in [-0.15, -0.1) is 0 Å². The fraction of sp³-hybridized carbons (Fsp3) is 0.857. The minimum atomic E-state index is 0. The summed E-state index contributed by atoms with van der Waals surface area (Å²) in [7, 11) is 0. The fourth-order valence-corrected chi connectivity index (χ4v) is 0.882. The summed E-state index contributed by atoms with van der Waals surface area (Å²) >= 11 is 4.75. The molecule has 68 valence electrons. The molecule has 0 saturated carbocycles. The Labute approximate surface area is 84.7 Å². The highest BCUT2D eigenvalue weighted by Gasteiger charge is 1.89. The molecule has 0 radical (unpaired) electrons. The van der Waals surface area contributed by atoms with Crippen molar-refractivity contribution in [1.29, 1.82) is 0 Å². The third-order valence-corrected chi connectivity index (χ3v) is 1.50. The average Bonchev–Trinajstić information content (AvgIpc) is 1.87. The van der Waals surface area contributed by atoms with Crippen LogP contribution in [0.25, 0.3) is 0 Å². The van der Waals surface area contributed by atoms with Crippen LogP contribution in [0.2, 0.25) is 0 Å². The first-order valence-electron chi connectivity index (χ1n) is 3.87. The predicted molar refractivity (Wildman–Crippen MR) is 47.6 cm³/mol.